The molecule has 1 fully saturated rings. The van der Waals surface area contributed by atoms with Gasteiger partial charge in [0.2, 0.25) is 11.8 Å². The molecule has 0 saturated carbocycles. The van der Waals surface area contributed by atoms with Crippen LogP contribution in [0.15, 0.2) is 0 Å². The number of rotatable bonds is 9. The summed E-state index contributed by atoms with van der Waals surface area (Å²) in [6.45, 7) is 8.04. The zero-order valence-corrected chi connectivity index (χ0v) is 14.0. The van der Waals surface area contributed by atoms with Gasteiger partial charge in [-0.1, -0.05) is 40.0 Å². The Hall–Kier alpha value is -1.06. The van der Waals surface area contributed by atoms with Gasteiger partial charge in [0.25, 0.3) is 0 Å². The van der Waals surface area contributed by atoms with Crippen LogP contribution in [-0.4, -0.2) is 35.8 Å². The van der Waals surface area contributed by atoms with Gasteiger partial charge in [0, 0.05) is 19.5 Å². The molecule has 122 valence electrons. The molecule has 4 nitrogen and oxygen atoms in total. The van der Waals surface area contributed by atoms with Gasteiger partial charge in [0.1, 0.15) is 6.04 Å². The number of unbranched alkanes of at least 4 members (excludes halogenated alkanes) is 3. The fourth-order valence-corrected chi connectivity index (χ4v) is 2.83. The van der Waals surface area contributed by atoms with Crippen molar-refractivity contribution in [3.63, 3.8) is 0 Å². The number of likely N-dealkylation sites (tertiary alicyclic amines) is 1. The largest absolute Gasteiger partial charge is 0.344 e. The van der Waals surface area contributed by atoms with Crippen LogP contribution in [0.4, 0.5) is 0 Å². The van der Waals surface area contributed by atoms with Gasteiger partial charge in [-0.15, -0.1) is 0 Å². The second kappa shape index (κ2) is 9.80. The minimum atomic E-state index is -0.332. The van der Waals surface area contributed by atoms with Crippen LogP contribution >= 0.6 is 0 Å². The molecule has 0 aromatic rings. The van der Waals surface area contributed by atoms with Crippen LogP contribution < -0.4 is 5.32 Å². The van der Waals surface area contributed by atoms with E-state index in [0.717, 1.165) is 45.2 Å². The van der Waals surface area contributed by atoms with Crippen molar-refractivity contribution in [3.8, 4) is 0 Å². The third-order valence-corrected chi connectivity index (χ3v) is 4.02. The van der Waals surface area contributed by atoms with Crippen molar-refractivity contribution >= 4 is 11.8 Å². The maximum Gasteiger partial charge on any atom is 0.245 e. The second-order valence-corrected chi connectivity index (χ2v) is 6.59. The standard InChI is InChI=1S/C17H32N2O2/c1-4-5-6-7-10-16(20)18-15(13-14(2)3)17(21)19-11-8-9-12-19/h14-15H,4-13H2,1-3H3,(H,18,20). The molecule has 21 heavy (non-hydrogen) atoms. The van der Waals surface area contributed by atoms with E-state index >= 15 is 0 Å². The number of nitrogens with zero attached hydrogens (tertiary/aromatic N) is 1. The molecule has 1 atom stereocenters. The minimum Gasteiger partial charge on any atom is -0.344 e. The van der Waals surface area contributed by atoms with E-state index in [1.807, 2.05) is 4.90 Å². The topological polar surface area (TPSA) is 49.4 Å². The van der Waals surface area contributed by atoms with Crippen LogP contribution in [0.5, 0.6) is 0 Å². The number of nitrogens with one attached hydrogen (secondary N) is 1. The molecular weight excluding hydrogens is 264 g/mol. The Labute approximate surface area is 129 Å². The predicted octanol–water partition coefficient (Wildman–Crippen LogP) is 3.11. The first-order valence-electron chi connectivity index (χ1n) is 8.62. The van der Waals surface area contributed by atoms with Crippen molar-refractivity contribution in [1.29, 1.82) is 0 Å². The SMILES string of the molecule is CCCCCCC(=O)NC(CC(C)C)C(=O)N1CCCC1. The van der Waals surface area contributed by atoms with Crippen LogP contribution in [0.2, 0.25) is 0 Å². The molecule has 1 rings (SSSR count). The first-order valence-corrected chi connectivity index (χ1v) is 8.62. The molecular formula is C17H32N2O2. The van der Waals surface area contributed by atoms with E-state index < -0.39 is 0 Å². The van der Waals surface area contributed by atoms with Gasteiger partial charge in [0.15, 0.2) is 0 Å². The number of carbonyl (C=O) groups excluding carboxylic acids is 2. The number of carbonyl (C=O) groups is 2. The number of hydrogen-bond donors (Lipinski definition) is 1. The van der Waals surface area contributed by atoms with E-state index in [1.54, 1.807) is 0 Å². The van der Waals surface area contributed by atoms with E-state index in [-0.39, 0.29) is 17.9 Å². The molecule has 0 aliphatic carbocycles. The Morgan fingerprint density at radius 3 is 2.33 bits per heavy atom. The van der Waals surface area contributed by atoms with Gasteiger partial charge in [-0.2, -0.15) is 0 Å². The first-order chi connectivity index (χ1) is 10.0. The zero-order valence-electron chi connectivity index (χ0n) is 14.0. The lowest BCUT2D eigenvalue weighted by Gasteiger charge is -2.25. The predicted molar refractivity (Wildman–Crippen MR) is 86.0 cm³/mol. The number of hydrogen-bond acceptors (Lipinski definition) is 2. The van der Waals surface area contributed by atoms with Crippen LogP contribution in [0.1, 0.15) is 72.1 Å². The van der Waals surface area contributed by atoms with E-state index in [4.69, 9.17) is 0 Å². The molecule has 1 aliphatic heterocycles. The molecule has 0 spiro atoms. The molecule has 0 bridgehead atoms. The molecule has 1 saturated heterocycles. The lowest BCUT2D eigenvalue weighted by atomic mass is 10.0. The molecule has 0 aromatic heterocycles. The van der Waals surface area contributed by atoms with E-state index in [0.29, 0.717) is 12.3 Å². The maximum atomic E-state index is 12.5. The minimum absolute atomic E-state index is 0.0318. The number of amides is 2. The Bertz CT molecular complexity index is 323. The molecule has 0 aromatic carbocycles. The monoisotopic (exact) mass is 296 g/mol. The second-order valence-electron chi connectivity index (χ2n) is 6.59. The highest BCUT2D eigenvalue weighted by molar-refractivity contribution is 5.87. The van der Waals surface area contributed by atoms with Crippen LogP contribution in [0, 0.1) is 5.92 Å². The average Bonchev–Trinajstić information content (AvgIpc) is 2.95. The fraction of sp³-hybridized carbons (Fsp3) is 0.882. The quantitative estimate of drug-likeness (QED) is 0.665. The molecule has 1 heterocycles. The van der Waals surface area contributed by atoms with Crippen molar-refractivity contribution in [2.45, 2.75) is 78.2 Å². The highest BCUT2D eigenvalue weighted by Crippen LogP contribution is 2.14. The lowest BCUT2D eigenvalue weighted by molar-refractivity contribution is -0.136. The lowest BCUT2D eigenvalue weighted by Crippen LogP contribution is -2.48. The Morgan fingerprint density at radius 1 is 1.10 bits per heavy atom. The smallest absolute Gasteiger partial charge is 0.245 e. The van der Waals surface area contributed by atoms with Gasteiger partial charge in [-0.05, 0) is 31.6 Å². The summed E-state index contributed by atoms with van der Waals surface area (Å²) in [5, 5.41) is 2.97. The van der Waals surface area contributed by atoms with E-state index in [9.17, 15) is 9.59 Å². The third-order valence-electron chi connectivity index (χ3n) is 4.02. The summed E-state index contributed by atoms with van der Waals surface area (Å²) < 4.78 is 0. The van der Waals surface area contributed by atoms with Crippen molar-refractivity contribution < 1.29 is 9.59 Å². The summed E-state index contributed by atoms with van der Waals surface area (Å²) in [6.07, 6.45) is 7.82. The highest BCUT2D eigenvalue weighted by atomic mass is 16.2. The van der Waals surface area contributed by atoms with Gasteiger partial charge < -0.3 is 10.2 Å². The fourth-order valence-electron chi connectivity index (χ4n) is 2.83. The summed E-state index contributed by atoms with van der Waals surface area (Å²) in [5.41, 5.74) is 0. The Morgan fingerprint density at radius 2 is 1.76 bits per heavy atom. The van der Waals surface area contributed by atoms with Gasteiger partial charge in [-0.3, -0.25) is 9.59 Å². The summed E-state index contributed by atoms with van der Waals surface area (Å²) in [5.74, 6) is 0.550. The Balaban J connectivity index is 2.44. The van der Waals surface area contributed by atoms with Crippen molar-refractivity contribution in [2.75, 3.05) is 13.1 Å². The molecule has 2 amide bonds. The molecule has 0 radical (unpaired) electrons. The molecule has 1 aliphatic rings. The summed E-state index contributed by atoms with van der Waals surface area (Å²) >= 11 is 0. The van der Waals surface area contributed by atoms with E-state index in [1.165, 1.54) is 12.8 Å². The summed E-state index contributed by atoms with van der Waals surface area (Å²) in [4.78, 5) is 26.4. The normalized spacial score (nSPS) is 16.3. The third kappa shape index (κ3) is 6.96. The molecule has 1 N–H and O–H groups in total. The Kier molecular flexibility index (Phi) is 8.40. The van der Waals surface area contributed by atoms with Crippen LogP contribution in [0.25, 0.3) is 0 Å². The average molecular weight is 296 g/mol. The van der Waals surface area contributed by atoms with Gasteiger partial charge in [0.05, 0.1) is 0 Å². The van der Waals surface area contributed by atoms with Gasteiger partial charge >= 0.3 is 0 Å². The molecule has 4 heteroatoms. The van der Waals surface area contributed by atoms with Crippen molar-refractivity contribution in [1.82, 2.24) is 10.2 Å². The highest BCUT2D eigenvalue weighted by Gasteiger charge is 2.28. The van der Waals surface area contributed by atoms with Crippen LogP contribution in [0.3, 0.4) is 0 Å². The molecule has 1 unspecified atom stereocenters. The maximum absolute atomic E-state index is 12.5. The summed E-state index contributed by atoms with van der Waals surface area (Å²) in [6, 6.07) is -0.332. The van der Waals surface area contributed by atoms with Gasteiger partial charge in [-0.25, -0.2) is 0 Å². The van der Waals surface area contributed by atoms with Crippen molar-refractivity contribution in [3.05, 3.63) is 0 Å². The van der Waals surface area contributed by atoms with E-state index in [2.05, 4.69) is 26.1 Å². The first kappa shape index (κ1) is 18.0. The summed E-state index contributed by atoms with van der Waals surface area (Å²) in [7, 11) is 0. The van der Waals surface area contributed by atoms with Crippen molar-refractivity contribution in [2.24, 2.45) is 5.92 Å². The van der Waals surface area contributed by atoms with Crippen LogP contribution in [-0.2, 0) is 9.59 Å². The zero-order chi connectivity index (χ0) is 15.7.